The molecule has 0 bridgehead atoms. The molecule has 0 aromatic rings. The molecule has 1 saturated heterocycles. The molecule has 5 fully saturated rings. The molecule has 4 N–H and O–H groups in total. The molecule has 16 heteroatoms. The number of hydrogen-bond donors (Lipinski definition) is 4. The third kappa shape index (κ3) is 8.69. The normalized spacial score (nSPS) is 45.0. The predicted octanol–water partition coefficient (Wildman–Crippen LogP) is -5.41. The van der Waals surface area contributed by atoms with Crippen LogP contribution < -0.4 is 69.3 Å². The van der Waals surface area contributed by atoms with Gasteiger partial charge in [-0.1, -0.05) is 20.8 Å². The van der Waals surface area contributed by atoms with Crippen molar-refractivity contribution < 1.29 is 116 Å². The Morgan fingerprint density at radius 1 is 1.02 bits per heavy atom. The number of aliphatic carboxylic acids is 1. The van der Waals surface area contributed by atoms with Gasteiger partial charge in [-0.05, 0) is 123 Å². The van der Waals surface area contributed by atoms with Crippen molar-refractivity contribution >= 4 is 22.3 Å². The summed E-state index contributed by atoms with van der Waals surface area (Å²) in [5.41, 5.74) is -0.275. The number of carboxylic acids is 1. The summed E-state index contributed by atoms with van der Waals surface area (Å²) in [7, 11) is -4.75. The average molecular weight is 720 g/mol. The number of aliphatic hydroxyl groups excluding tert-OH is 3. The van der Waals surface area contributed by atoms with Crippen molar-refractivity contribution in [3.05, 3.63) is 0 Å². The van der Waals surface area contributed by atoms with Crippen molar-refractivity contribution in [2.75, 3.05) is 6.61 Å². The van der Waals surface area contributed by atoms with E-state index in [1.165, 1.54) is 6.92 Å². The largest absolute Gasteiger partial charge is 1.00 e. The number of nitrogens with zero attached hydrogens (tertiary/aromatic N) is 1. The molecule has 0 radical (unpaired) electrons. The van der Waals surface area contributed by atoms with Crippen molar-refractivity contribution in [2.45, 2.75) is 135 Å². The minimum absolute atomic E-state index is 0. The van der Waals surface area contributed by atoms with Gasteiger partial charge >= 0.3 is 69.5 Å². The first-order chi connectivity index (χ1) is 21.5. The summed E-state index contributed by atoms with van der Waals surface area (Å²) in [6.45, 7) is 7.29. The number of hydrogen-bond acceptors (Lipinski definition) is 12. The Kier molecular flexibility index (Phi) is 15.0. The van der Waals surface area contributed by atoms with Crippen LogP contribution in [-0.4, -0.2) is 89.6 Å². The third-order valence-corrected chi connectivity index (χ3v) is 13.4. The van der Waals surface area contributed by atoms with Gasteiger partial charge in [0.1, 0.15) is 24.4 Å². The molecule has 0 unspecified atom stereocenters. The second kappa shape index (κ2) is 16.7. The molecule has 4 aliphatic carbocycles. The Labute approximate surface area is 328 Å². The summed E-state index contributed by atoms with van der Waals surface area (Å²) in [4.78, 5) is 15.1. The molecule has 0 spiro atoms. The van der Waals surface area contributed by atoms with E-state index >= 15 is 0 Å². The van der Waals surface area contributed by atoms with E-state index in [1.807, 2.05) is 0 Å². The smallest absolute Gasteiger partial charge is 0.862 e. The molecule has 0 amide bonds. The second-order valence-corrected chi connectivity index (χ2v) is 16.3. The Balaban J connectivity index is 0.00000312. The Morgan fingerprint density at radius 2 is 1.67 bits per heavy atom. The van der Waals surface area contributed by atoms with Gasteiger partial charge in [0.15, 0.2) is 6.29 Å². The van der Waals surface area contributed by atoms with E-state index < -0.39 is 71.7 Å². The van der Waals surface area contributed by atoms with Crippen molar-refractivity contribution in [3.63, 3.8) is 0 Å². The molecule has 0 aromatic heterocycles. The Morgan fingerprint density at radius 3 is 2.27 bits per heavy atom. The SMILES string of the molecule is CC([O-])=N[C@H]1[C@H](O[C@@H]2CC[C@@]3(C)[C@@H](C2)C[C@@H](OS(=O)(=O)O)[C@@H]2[C@@H]3CC[C@]3(C)[C@@H]([C@H](C)CCC(=O)[O-])CC[C@@H]23)O[C@H](CO)[C@@H](O)[C@@H]1O.[Na+].[Na+]. The molecule has 5 aliphatic rings. The molecule has 15 atom stereocenters. The number of aliphatic imine (C=N–C) groups is 1. The summed E-state index contributed by atoms with van der Waals surface area (Å²) < 4.78 is 51.9. The molecule has 264 valence electrons. The molecular weight excluding hydrogens is 668 g/mol. The summed E-state index contributed by atoms with van der Waals surface area (Å²) in [6, 6.07) is -1.18. The van der Waals surface area contributed by atoms with E-state index in [1.54, 1.807) is 0 Å². The molecule has 48 heavy (non-hydrogen) atoms. The van der Waals surface area contributed by atoms with E-state index in [4.69, 9.17) is 13.7 Å². The number of fused-ring (bicyclic) bond motifs is 5. The van der Waals surface area contributed by atoms with E-state index in [0.717, 1.165) is 32.1 Å². The van der Waals surface area contributed by atoms with Crippen LogP contribution in [0.3, 0.4) is 0 Å². The van der Waals surface area contributed by atoms with Gasteiger partial charge in [0.05, 0.1) is 18.8 Å². The van der Waals surface area contributed by atoms with E-state index in [0.29, 0.717) is 31.6 Å². The van der Waals surface area contributed by atoms with Crippen molar-refractivity contribution in [2.24, 2.45) is 51.3 Å². The van der Waals surface area contributed by atoms with E-state index in [2.05, 4.69) is 25.8 Å². The fourth-order valence-electron chi connectivity index (χ4n) is 10.8. The van der Waals surface area contributed by atoms with Crippen LogP contribution >= 0.6 is 0 Å². The van der Waals surface area contributed by atoms with E-state index in [9.17, 15) is 43.3 Å². The van der Waals surface area contributed by atoms with Gasteiger partial charge < -0.3 is 39.8 Å². The van der Waals surface area contributed by atoms with Crippen LogP contribution in [-0.2, 0) is 28.9 Å². The van der Waals surface area contributed by atoms with Gasteiger partial charge in [-0.3, -0.25) is 9.55 Å². The molecule has 1 heterocycles. The zero-order valence-electron chi connectivity index (χ0n) is 29.2. The molecule has 1 aliphatic heterocycles. The summed E-state index contributed by atoms with van der Waals surface area (Å²) in [5, 5.41) is 53.8. The van der Waals surface area contributed by atoms with Gasteiger partial charge in [0, 0.05) is 5.97 Å². The summed E-state index contributed by atoms with van der Waals surface area (Å²) in [5.74, 6) is -0.982. The molecule has 4 saturated carbocycles. The first-order valence-electron chi connectivity index (χ1n) is 16.8. The first-order valence-corrected chi connectivity index (χ1v) is 18.2. The molecule has 0 aromatic carbocycles. The maximum Gasteiger partial charge on any atom is 1.00 e. The Hall–Kier alpha value is 0.610. The predicted molar refractivity (Wildman–Crippen MR) is 160 cm³/mol. The fraction of sp³-hybridized carbons (Fsp3) is 0.938. The molecule has 13 nitrogen and oxygen atoms in total. The van der Waals surface area contributed by atoms with Gasteiger partial charge in [-0.15, -0.1) is 0 Å². The monoisotopic (exact) mass is 719 g/mol. The average Bonchev–Trinajstić information content (AvgIpc) is 3.32. The van der Waals surface area contributed by atoms with Crippen LogP contribution in [0.1, 0.15) is 91.9 Å². The standard InChI is InChI=1S/C32H53NO12S.2Na/c1-16(5-8-25(36)37)20-6-7-21-26-22(10-12-32(20,21)4)31(3)11-9-19(13-18(31)14-23(26)45-46(40,41)42)43-30-27(33-17(2)35)29(39)28(38)24(15-34)44-30;;/h16,18-24,26-30,34,38-39H,5-15H2,1-4H3,(H,33,35)(H,36,37)(H,40,41,42);;/q;2*+1/p-2/t16-,18+,19-,20-,21+,22+,23-,24-,26+,27-,28-,29-,30-,31+,32-;;/m1../s1. The van der Waals surface area contributed by atoms with Crippen molar-refractivity contribution in [1.29, 1.82) is 0 Å². The van der Waals surface area contributed by atoms with Crippen LogP contribution in [0.15, 0.2) is 4.99 Å². The van der Waals surface area contributed by atoms with E-state index in [-0.39, 0.29) is 106 Å². The first kappa shape index (κ1) is 43.0. The van der Waals surface area contributed by atoms with Crippen LogP contribution in [0.4, 0.5) is 0 Å². The fourth-order valence-corrected chi connectivity index (χ4v) is 11.3. The van der Waals surface area contributed by atoms with Crippen LogP contribution in [0.5, 0.6) is 0 Å². The number of aliphatic hydroxyl groups is 3. The number of rotatable bonds is 10. The number of carboxylic acid groups (broad SMARTS) is 1. The van der Waals surface area contributed by atoms with Gasteiger partial charge in [0.2, 0.25) is 0 Å². The number of ether oxygens (including phenoxy) is 2. The zero-order valence-corrected chi connectivity index (χ0v) is 34.0. The van der Waals surface area contributed by atoms with Crippen LogP contribution in [0, 0.1) is 46.3 Å². The topological polar surface area (TPSA) is 218 Å². The Bertz CT molecular complexity index is 1260. The number of carbonyl (C=O) groups is 1. The molecular formula is C32H51NNa2O12S. The maximum absolute atomic E-state index is 12.2. The summed E-state index contributed by atoms with van der Waals surface area (Å²) >= 11 is 0. The summed E-state index contributed by atoms with van der Waals surface area (Å²) in [6.07, 6.45) is 0.112. The maximum atomic E-state index is 12.2. The minimum atomic E-state index is -4.75. The minimum Gasteiger partial charge on any atom is -0.862 e. The van der Waals surface area contributed by atoms with Crippen LogP contribution in [0.25, 0.3) is 0 Å². The zero-order chi connectivity index (χ0) is 33.8. The van der Waals surface area contributed by atoms with Crippen molar-refractivity contribution in [3.8, 4) is 0 Å². The quantitative estimate of drug-likeness (QED) is 0.0547. The van der Waals surface area contributed by atoms with Gasteiger partial charge in [0.25, 0.3) is 0 Å². The van der Waals surface area contributed by atoms with Gasteiger partial charge in [-0.2, -0.15) is 8.42 Å². The van der Waals surface area contributed by atoms with Gasteiger partial charge in [-0.25, -0.2) is 4.18 Å². The third-order valence-electron chi connectivity index (χ3n) is 12.9. The second-order valence-electron chi connectivity index (χ2n) is 15.3. The number of carbonyl (C=O) groups excluding carboxylic acids is 1. The van der Waals surface area contributed by atoms with Crippen LogP contribution in [0.2, 0.25) is 0 Å². The van der Waals surface area contributed by atoms with Crippen molar-refractivity contribution in [1.82, 2.24) is 0 Å². The molecule has 5 rings (SSSR count).